The van der Waals surface area contributed by atoms with Gasteiger partial charge in [-0.05, 0) is 36.1 Å². The van der Waals surface area contributed by atoms with E-state index in [4.69, 9.17) is 10.5 Å². The van der Waals surface area contributed by atoms with Crippen LogP contribution < -0.4 is 15.8 Å². The number of hydrogen-bond donors (Lipinski definition) is 2. The number of rotatable bonds is 5. The first-order chi connectivity index (χ1) is 8.53. The third-order valence-electron chi connectivity index (χ3n) is 3.34. The molecule has 0 spiro atoms. The van der Waals surface area contributed by atoms with Crippen molar-refractivity contribution in [1.29, 1.82) is 0 Å². The topological polar surface area (TPSA) is 64.3 Å². The highest BCUT2D eigenvalue weighted by Crippen LogP contribution is 2.51. The second-order valence-corrected chi connectivity index (χ2v) is 5.40. The van der Waals surface area contributed by atoms with Crippen LogP contribution >= 0.6 is 12.4 Å². The van der Waals surface area contributed by atoms with Crippen molar-refractivity contribution in [3.63, 3.8) is 0 Å². The van der Waals surface area contributed by atoms with Crippen molar-refractivity contribution in [2.24, 2.45) is 17.1 Å². The normalized spacial score (nSPS) is 19.2. The quantitative estimate of drug-likeness (QED) is 0.873. The maximum atomic E-state index is 11.9. The Kier molecular flexibility index (Phi) is 5.20. The summed E-state index contributed by atoms with van der Waals surface area (Å²) in [6, 6.07) is 7.37. The summed E-state index contributed by atoms with van der Waals surface area (Å²) in [5.74, 6) is 1.02. The van der Waals surface area contributed by atoms with Gasteiger partial charge in [-0.15, -0.1) is 12.4 Å². The number of nitrogens with one attached hydrogen (secondary N) is 1. The van der Waals surface area contributed by atoms with E-state index < -0.39 is 0 Å². The van der Waals surface area contributed by atoms with Crippen LogP contribution in [-0.2, 0) is 4.79 Å². The molecule has 0 heterocycles. The molecule has 5 heteroatoms. The molecule has 1 aromatic carbocycles. The first-order valence-corrected chi connectivity index (χ1v) is 6.27. The van der Waals surface area contributed by atoms with Gasteiger partial charge in [0.15, 0.2) is 0 Å². The summed E-state index contributed by atoms with van der Waals surface area (Å²) in [6.45, 7) is 5.22. The van der Waals surface area contributed by atoms with E-state index in [0.29, 0.717) is 13.2 Å². The standard InChI is InChI=1S/C14H20N2O2.ClH/c1-14(2)9-12(14)13(17)16-10-3-5-11(6-4-10)18-8-7-15;/h3-6,12H,7-9,15H2,1-2H3,(H,16,17);1H. The van der Waals surface area contributed by atoms with Crippen molar-refractivity contribution in [1.82, 2.24) is 0 Å². The number of hydrogen-bond acceptors (Lipinski definition) is 3. The van der Waals surface area contributed by atoms with E-state index in [9.17, 15) is 4.79 Å². The summed E-state index contributed by atoms with van der Waals surface area (Å²) in [4.78, 5) is 11.9. The van der Waals surface area contributed by atoms with Crippen LogP contribution in [0.2, 0.25) is 0 Å². The number of amides is 1. The lowest BCUT2D eigenvalue weighted by atomic mass is 10.1. The van der Waals surface area contributed by atoms with Gasteiger partial charge < -0.3 is 15.8 Å². The molecular formula is C14H21ClN2O2. The van der Waals surface area contributed by atoms with Gasteiger partial charge in [0.1, 0.15) is 12.4 Å². The van der Waals surface area contributed by atoms with E-state index in [2.05, 4.69) is 19.2 Å². The fourth-order valence-corrected chi connectivity index (χ4v) is 1.96. The molecule has 1 amide bonds. The molecular weight excluding hydrogens is 264 g/mol. The van der Waals surface area contributed by atoms with Crippen molar-refractivity contribution in [3.05, 3.63) is 24.3 Å². The highest BCUT2D eigenvalue weighted by Gasteiger charge is 2.50. The van der Waals surface area contributed by atoms with Gasteiger partial charge in [-0.1, -0.05) is 13.8 Å². The molecule has 106 valence electrons. The van der Waals surface area contributed by atoms with Gasteiger partial charge >= 0.3 is 0 Å². The second-order valence-electron chi connectivity index (χ2n) is 5.40. The predicted molar refractivity (Wildman–Crippen MR) is 78.8 cm³/mol. The molecule has 4 nitrogen and oxygen atoms in total. The van der Waals surface area contributed by atoms with E-state index in [1.54, 1.807) is 0 Å². The second kappa shape index (κ2) is 6.26. The zero-order valence-corrected chi connectivity index (χ0v) is 12.1. The highest BCUT2D eigenvalue weighted by atomic mass is 35.5. The van der Waals surface area contributed by atoms with Crippen LogP contribution in [0.15, 0.2) is 24.3 Å². The van der Waals surface area contributed by atoms with Crippen LogP contribution in [0.4, 0.5) is 5.69 Å². The van der Waals surface area contributed by atoms with Crippen LogP contribution in [-0.4, -0.2) is 19.1 Å². The van der Waals surface area contributed by atoms with E-state index in [-0.39, 0.29) is 29.6 Å². The molecule has 0 aromatic heterocycles. The Morgan fingerprint density at radius 3 is 2.47 bits per heavy atom. The third kappa shape index (κ3) is 4.11. The number of ether oxygens (including phenoxy) is 1. The molecule has 0 bridgehead atoms. The number of carbonyl (C=O) groups excluding carboxylic acids is 1. The average Bonchev–Trinajstić information content (AvgIpc) is 2.98. The maximum Gasteiger partial charge on any atom is 0.228 e. The highest BCUT2D eigenvalue weighted by molar-refractivity contribution is 5.95. The van der Waals surface area contributed by atoms with Gasteiger partial charge in [0.05, 0.1) is 0 Å². The Balaban J connectivity index is 0.00000180. The molecule has 1 unspecified atom stereocenters. The summed E-state index contributed by atoms with van der Waals surface area (Å²) < 4.78 is 5.37. The van der Waals surface area contributed by atoms with Crippen molar-refractivity contribution < 1.29 is 9.53 Å². The van der Waals surface area contributed by atoms with Crippen LogP contribution in [0.5, 0.6) is 5.75 Å². The minimum Gasteiger partial charge on any atom is -0.492 e. The van der Waals surface area contributed by atoms with Crippen molar-refractivity contribution in [2.75, 3.05) is 18.5 Å². The Labute approximate surface area is 120 Å². The lowest BCUT2D eigenvalue weighted by molar-refractivity contribution is -0.118. The van der Waals surface area contributed by atoms with Gasteiger partial charge in [-0.3, -0.25) is 4.79 Å². The fraction of sp³-hybridized carbons (Fsp3) is 0.500. The molecule has 1 saturated carbocycles. The average molecular weight is 285 g/mol. The molecule has 1 atom stereocenters. The van der Waals surface area contributed by atoms with E-state index in [0.717, 1.165) is 17.9 Å². The summed E-state index contributed by atoms with van der Waals surface area (Å²) in [6.07, 6.45) is 0.969. The van der Waals surface area contributed by atoms with Crippen molar-refractivity contribution in [2.45, 2.75) is 20.3 Å². The number of carbonyl (C=O) groups is 1. The van der Waals surface area contributed by atoms with E-state index in [1.807, 2.05) is 24.3 Å². The molecule has 1 aliphatic rings. The Hall–Kier alpha value is -1.26. The van der Waals surface area contributed by atoms with Gasteiger partial charge in [0.2, 0.25) is 5.91 Å². The zero-order valence-electron chi connectivity index (χ0n) is 11.3. The molecule has 2 rings (SSSR count). The SMILES string of the molecule is CC1(C)CC1C(=O)Nc1ccc(OCCN)cc1.Cl. The van der Waals surface area contributed by atoms with Crippen molar-refractivity contribution >= 4 is 24.0 Å². The largest absolute Gasteiger partial charge is 0.492 e. The maximum absolute atomic E-state index is 11.9. The minimum atomic E-state index is 0. The Morgan fingerprint density at radius 1 is 1.42 bits per heavy atom. The van der Waals surface area contributed by atoms with Crippen LogP contribution in [0.25, 0.3) is 0 Å². The number of benzene rings is 1. The molecule has 0 aliphatic heterocycles. The Bertz CT molecular complexity index is 432. The van der Waals surface area contributed by atoms with E-state index in [1.165, 1.54) is 0 Å². The summed E-state index contributed by atoms with van der Waals surface area (Å²) >= 11 is 0. The molecule has 3 N–H and O–H groups in total. The first kappa shape index (κ1) is 15.8. The van der Waals surface area contributed by atoms with Gasteiger partial charge in [0.25, 0.3) is 0 Å². The Morgan fingerprint density at radius 2 is 2.00 bits per heavy atom. The van der Waals surface area contributed by atoms with Crippen LogP contribution in [0, 0.1) is 11.3 Å². The summed E-state index contributed by atoms with van der Waals surface area (Å²) in [7, 11) is 0. The lowest BCUT2D eigenvalue weighted by Crippen LogP contribution is -2.16. The number of anilines is 1. The molecule has 1 aliphatic carbocycles. The minimum absolute atomic E-state index is 0. The molecule has 1 aromatic rings. The number of halogens is 1. The van der Waals surface area contributed by atoms with Crippen LogP contribution in [0.1, 0.15) is 20.3 Å². The van der Waals surface area contributed by atoms with E-state index >= 15 is 0 Å². The molecule has 1 fully saturated rings. The number of nitrogens with two attached hydrogens (primary N) is 1. The fourth-order valence-electron chi connectivity index (χ4n) is 1.96. The zero-order chi connectivity index (χ0) is 13.2. The summed E-state index contributed by atoms with van der Waals surface area (Å²) in [5.41, 5.74) is 6.32. The predicted octanol–water partition coefficient (Wildman–Crippen LogP) is 2.43. The van der Waals surface area contributed by atoms with Crippen LogP contribution in [0.3, 0.4) is 0 Å². The monoisotopic (exact) mass is 284 g/mol. The molecule has 19 heavy (non-hydrogen) atoms. The first-order valence-electron chi connectivity index (χ1n) is 6.27. The third-order valence-corrected chi connectivity index (χ3v) is 3.34. The lowest BCUT2D eigenvalue weighted by Gasteiger charge is -2.08. The summed E-state index contributed by atoms with van der Waals surface area (Å²) in [5, 5.41) is 2.92. The van der Waals surface area contributed by atoms with Gasteiger partial charge in [-0.25, -0.2) is 0 Å². The van der Waals surface area contributed by atoms with Gasteiger partial charge in [-0.2, -0.15) is 0 Å². The molecule has 0 saturated heterocycles. The smallest absolute Gasteiger partial charge is 0.228 e. The van der Waals surface area contributed by atoms with Crippen molar-refractivity contribution in [3.8, 4) is 5.75 Å². The van der Waals surface area contributed by atoms with Gasteiger partial charge in [0, 0.05) is 18.2 Å². The molecule has 0 radical (unpaired) electrons.